The summed E-state index contributed by atoms with van der Waals surface area (Å²) in [6.07, 6.45) is 0.316. The largest absolute Gasteiger partial charge is 0.387 e. The van der Waals surface area contributed by atoms with Crippen molar-refractivity contribution in [3.8, 4) is 0 Å². The summed E-state index contributed by atoms with van der Waals surface area (Å²) in [4.78, 5) is 0. The van der Waals surface area contributed by atoms with Gasteiger partial charge >= 0.3 is 0 Å². The summed E-state index contributed by atoms with van der Waals surface area (Å²) in [5.41, 5.74) is 0. The van der Waals surface area contributed by atoms with Gasteiger partial charge in [-0.3, -0.25) is 0 Å². The van der Waals surface area contributed by atoms with E-state index in [1.165, 1.54) is 0 Å². The molecule has 26 heavy (non-hydrogen) atoms. The third kappa shape index (κ3) is 3.31. The van der Waals surface area contributed by atoms with Gasteiger partial charge < -0.3 is 38.3 Å². The van der Waals surface area contributed by atoms with Crippen LogP contribution < -0.4 is 0 Å². The van der Waals surface area contributed by atoms with Gasteiger partial charge in [0.1, 0.15) is 24.4 Å². The lowest BCUT2D eigenvalue weighted by molar-refractivity contribution is -0.346. The predicted octanol–water partition coefficient (Wildman–Crippen LogP) is 0.408. The van der Waals surface area contributed by atoms with E-state index in [-0.39, 0.29) is 24.6 Å². The molecule has 0 bridgehead atoms. The Bertz CT molecular complexity index is 462. The molecule has 0 aromatic carbocycles. The minimum Gasteiger partial charge on any atom is -0.387 e. The zero-order chi connectivity index (χ0) is 17.5. The van der Waals surface area contributed by atoms with E-state index in [4.69, 9.17) is 33.2 Å². The topological polar surface area (TPSA) is 84.8 Å². The lowest BCUT2D eigenvalue weighted by atomic mass is 9.95. The van der Waals surface area contributed by atoms with Gasteiger partial charge in [0.05, 0.1) is 6.61 Å². The monoisotopic (exact) mass is 372 g/mol. The highest BCUT2D eigenvalue weighted by Gasteiger charge is 2.55. The summed E-state index contributed by atoms with van der Waals surface area (Å²) in [7, 11) is 0. The van der Waals surface area contributed by atoms with Crippen LogP contribution in [0.5, 0.6) is 0 Å². The van der Waals surface area contributed by atoms with E-state index in [1.807, 2.05) is 0 Å². The number of fused-ring (bicyclic) bond motifs is 2. The highest BCUT2D eigenvalue weighted by Crippen LogP contribution is 2.39. The fraction of sp³-hybridized carbons (Fsp3) is 1.00. The second-order valence-corrected chi connectivity index (χ2v) is 7.84. The number of ether oxygens (including phenoxy) is 7. The first-order valence-corrected chi connectivity index (χ1v) is 9.86. The van der Waals surface area contributed by atoms with Crippen molar-refractivity contribution in [2.24, 2.45) is 11.8 Å². The normalized spacial score (nSPS) is 48.1. The molecule has 0 aliphatic carbocycles. The Hall–Kier alpha value is -0.320. The van der Waals surface area contributed by atoms with Crippen LogP contribution in [0.3, 0.4) is 0 Å². The van der Waals surface area contributed by atoms with Gasteiger partial charge in [0.2, 0.25) is 0 Å². The molecule has 1 N–H and O–H groups in total. The van der Waals surface area contributed by atoms with E-state index >= 15 is 0 Å². The second-order valence-electron chi connectivity index (χ2n) is 7.84. The maximum Gasteiger partial charge on any atom is 0.190 e. The van der Waals surface area contributed by atoms with Gasteiger partial charge in [0.15, 0.2) is 18.9 Å². The molecule has 5 fully saturated rings. The number of hydrogen-bond acceptors (Lipinski definition) is 8. The number of hydrogen-bond donors (Lipinski definition) is 1. The quantitative estimate of drug-likeness (QED) is 0.746. The van der Waals surface area contributed by atoms with Gasteiger partial charge in [-0.1, -0.05) is 0 Å². The molecule has 5 rings (SSSR count). The first kappa shape index (κ1) is 17.8. The zero-order valence-electron chi connectivity index (χ0n) is 14.9. The molecule has 8 nitrogen and oxygen atoms in total. The fourth-order valence-corrected chi connectivity index (χ4v) is 4.60. The van der Waals surface area contributed by atoms with Crippen molar-refractivity contribution < 1.29 is 38.3 Å². The van der Waals surface area contributed by atoms with Crippen LogP contribution in [0.1, 0.15) is 25.7 Å². The minimum absolute atomic E-state index is 0.277. The summed E-state index contributed by atoms with van der Waals surface area (Å²) in [6.45, 7) is 3.31. The summed E-state index contributed by atoms with van der Waals surface area (Å²) >= 11 is 0. The molecule has 5 aliphatic rings. The first-order chi connectivity index (χ1) is 12.8. The molecule has 0 amide bonds. The summed E-state index contributed by atoms with van der Waals surface area (Å²) in [6, 6.07) is 0. The molecule has 0 spiro atoms. The van der Waals surface area contributed by atoms with Gasteiger partial charge in [0, 0.05) is 38.3 Å². The van der Waals surface area contributed by atoms with Crippen LogP contribution in [0.4, 0.5) is 0 Å². The number of rotatable bonds is 2. The molecule has 5 aliphatic heterocycles. The third-order valence-electron chi connectivity index (χ3n) is 6.19. The summed E-state index contributed by atoms with van der Waals surface area (Å²) in [5.74, 6) is 0.574. The Kier molecular flexibility index (Phi) is 5.19. The minimum atomic E-state index is -0.783. The average Bonchev–Trinajstić information content (AvgIpc) is 3.14. The second kappa shape index (κ2) is 7.60. The van der Waals surface area contributed by atoms with Crippen LogP contribution in [0.15, 0.2) is 0 Å². The van der Waals surface area contributed by atoms with Crippen molar-refractivity contribution in [1.82, 2.24) is 0 Å². The zero-order valence-corrected chi connectivity index (χ0v) is 14.9. The van der Waals surface area contributed by atoms with Crippen molar-refractivity contribution in [3.63, 3.8) is 0 Å². The standard InChI is InChI=1S/C18H28O8/c19-13-14-12(9-22-16(24-14)10-1-5-20-6-2-10)23-18-15(13)25-17(26-18)11-3-7-21-8-4-11/h10-19H,1-9H2. The molecule has 7 atom stereocenters. The number of aliphatic hydroxyl groups is 1. The predicted molar refractivity (Wildman–Crippen MR) is 86.1 cm³/mol. The lowest BCUT2D eigenvalue weighted by Crippen LogP contribution is -2.62. The SMILES string of the molecule is OC1C2OC(C3CCOCC3)OCC2OC2OC(C3CCOCC3)OC21. The molecular formula is C18H28O8. The van der Waals surface area contributed by atoms with Crippen molar-refractivity contribution in [2.75, 3.05) is 33.0 Å². The molecule has 7 unspecified atom stereocenters. The van der Waals surface area contributed by atoms with Gasteiger partial charge in [0.25, 0.3) is 0 Å². The van der Waals surface area contributed by atoms with Crippen LogP contribution in [0, 0.1) is 11.8 Å². The lowest BCUT2D eigenvalue weighted by Gasteiger charge is -2.46. The molecule has 0 aromatic heterocycles. The van der Waals surface area contributed by atoms with Gasteiger partial charge in [-0.2, -0.15) is 0 Å². The highest BCUT2D eigenvalue weighted by atomic mass is 16.8. The average molecular weight is 372 g/mol. The fourth-order valence-electron chi connectivity index (χ4n) is 4.60. The summed E-state index contributed by atoms with van der Waals surface area (Å²) in [5, 5.41) is 10.9. The maximum absolute atomic E-state index is 10.9. The Morgan fingerprint density at radius 2 is 1.23 bits per heavy atom. The number of aliphatic hydroxyl groups excluding tert-OH is 1. The van der Waals surface area contributed by atoms with Crippen LogP contribution in [0.25, 0.3) is 0 Å². The van der Waals surface area contributed by atoms with Crippen molar-refractivity contribution in [1.29, 1.82) is 0 Å². The first-order valence-electron chi connectivity index (χ1n) is 9.86. The van der Waals surface area contributed by atoms with Crippen molar-refractivity contribution in [2.45, 2.75) is 69.0 Å². The highest BCUT2D eigenvalue weighted by molar-refractivity contribution is 4.96. The molecule has 5 saturated heterocycles. The molecule has 0 radical (unpaired) electrons. The summed E-state index contributed by atoms with van der Waals surface area (Å²) < 4.78 is 40.9. The van der Waals surface area contributed by atoms with E-state index in [0.717, 1.165) is 52.1 Å². The van der Waals surface area contributed by atoms with E-state index in [2.05, 4.69) is 0 Å². The van der Waals surface area contributed by atoms with Gasteiger partial charge in [-0.15, -0.1) is 0 Å². The smallest absolute Gasteiger partial charge is 0.190 e. The Labute approximate surface area is 153 Å². The molecule has 8 heteroatoms. The Morgan fingerprint density at radius 3 is 1.92 bits per heavy atom. The van der Waals surface area contributed by atoms with E-state index < -0.39 is 24.6 Å². The van der Waals surface area contributed by atoms with Crippen molar-refractivity contribution in [3.05, 3.63) is 0 Å². The molecule has 0 aromatic rings. The molecule has 0 saturated carbocycles. The van der Waals surface area contributed by atoms with Crippen LogP contribution in [-0.2, 0) is 33.2 Å². The third-order valence-corrected chi connectivity index (χ3v) is 6.19. The van der Waals surface area contributed by atoms with Crippen LogP contribution in [0.2, 0.25) is 0 Å². The van der Waals surface area contributed by atoms with Crippen LogP contribution >= 0.6 is 0 Å². The molecule has 148 valence electrons. The van der Waals surface area contributed by atoms with E-state index in [0.29, 0.717) is 12.5 Å². The Morgan fingerprint density at radius 1 is 0.615 bits per heavy atom. The van der Waals surface area contributed by atoms with E-state index in [9.17, 15) is 5.11 Å². The maximum atomic E-state index is 10.9. The molecule has 5 heterocycles. The Balaban J connectivity index is 1.23. The van der Waals surface area contributed by atoms with E-state index in [1.54, 1.807) is 0 Å². The van der Waals surface area contributed by atoms with Crippen molar-refractivity contribution >= 4 is 0 Å². The van der Waals surface area contributed by atoms with Crippen LogP contribution in [-0.4, -0.2) is 81.4 Å². The van der Waals surface area contributed by atoms with Gasteiger partial charge in [-0.25, -0.2) is 0 Å². The van der Waals surface area contributed by atoms with Gasteiger partial charge in [-0.05, 0) is 25.7 Å². The molecular weight excluding hydrogens is 344 g/mol.